The van der Waals surface area contributed by atoms with Crippen LogP contribution in [0.3, 0.4) is 0 Å². The first-order chi connectivity index (χ1) is 21.3. The molecule has 0 radical (unpaired) electrons. The van der Waals surface area contributed by atoms with Crippen LogP contribution in [-0.2, 0) is 14.8 Å². The molecule has 44 heavy (non-hydrogen) atoms. The van der Waals surface area contributed by atoms with Crippen LogP contribution in [0.4, 0.5) is 0 Å². The number of methoxy groups -OCH3 is 1. The molecule has 11 nitrogen and oxygen atoms in total. The number of hydrogen-bond acceptors (Lipinski definition) is 8. The van der Waals surface area contributed by atoms with Gasteiger partial charge in [0.05, 0.1) is 34.7 Å². The Hall–Kier alpha value is -4.44. The zero-order valence-electron chi connectivity index (χ0n) is 24.4. The normalized spacial score (nSPS) is 18.3. The molecule has 2 fully saturated rings. The lowest BCUT2D eigenvalue weighted by molar-refractivity contribution is -0.132. The van der Waals surface area contributed by atoms with E-state index in [9.17, 15) is 23.3 Å². The second kappa shape index (κ2) is 12.3. The molecule has 3 aromatic carbocycles. The summed E-state index contributed by atoms with van der Waals surface area (Å²) in [7, 11) is -2.92. The van der Waals surface area contributed by atoms with Gasteiger partial charge in [0.25, 0.3) is 10.0 Å². The first-order valence-electron chi connectivity index (χ1n) is 14.7. The van der Waals surface area contributed by atoms with Gasteiger partial charge in [-0.3, -0.25) is 9.36 Å². The van der Waals surface area contributed by atoms with E-state index in [1.54, 1.807) is 29.2 Å². The number of amides is 1. The van der Waals surface area contributed by atoms with Gasteiger partial charge >= 0.3 is 5.69 Å². The van der Waals surface area contributed by atoms with Crippen molar-refractivity contribution in [3.8, 4) is 11.8 Å². The number of imidazole rings is 1. The van der Waals surface area contributed by atoms with Crippen molar-refractivity contribution in [2.45, 2.75) is 17.4 Å². The lowest BCUT2D eigenvalue weighted by Gasteiger charge is -2.30. The number of benzene rings is 3. The first-order valence-corrected chi connectivity index (χ1v) is 16.1. The van der Waals surface area contributed by atoms with Gasteiger partial charge in [-0.2, -0.15) is 9.23 Å². The number of carbonyl (C=O) groups is 1. The summed E-state index contributed by atoms with van der Waals surface area (Å²) in [6, 6.07) is 20.0. The summed E-state index contributed by atoms with van der Waals surface area (Å²) in [5, 5.41) is 13.1. The molecule has 1 N–H and O–H groups in total. The van der Waals surface area contributed by atoms with Crippen LogP contribution in [0.2, 0.25) is 0 Å². The summed E-state index contributed by atoms with van der Waals surface area (Å²) < 4.78 is 35.1. The van der Waals surface area contributed by atoms with E-state index < -0.39 is 21.8 Å². The molecular formula is C32H34N6O5S. The standard InChI is InChI=1S/C32H34N6O5S/c1-43-26-8-10-27(11-9-26)44(41,42)38-28-12-7-23(20-33)19-29(28)37(32(38)40)30(25-5-3-2-4-6-25)31(39)36-16-13-24(22-36)21-35-17-14-34-15-18-35/h2-12,19,24,30,34H,13-18,21-22H2,1H3. The molecule has 4 aromatic rings. The molecule has 1 amide bonds. The van der Waals surface area contributed by atoms with Gasteiger partial charge in [-0.15, -0.1) is 0 Å². The summed E-state index contributed by atoms with van der Waals surface area (Å²) in [5.74, 6) is 0.476. The first kappa shape index (κ1) is 29.6. The minimum absolute atomic E-state index is 0.0801. The van der Waals surface area contributed by atoms with Gasteiger partial charge in [-0.1, -0.05) is 30.3 Å². The van der Waals surface area contributed by atoms with E-state index in [-0.39, 0.29) is 27.4 Å². The Kier molecular flexibility index (Phi) is 8.27. The molecule has 2 aliphatic rings. The minimum Gasteiger partial charge on any atom is -0.497 e. The SMILES string of the molecule is COc1ccc(S(=O)(=O)n2c(=O)n(C(C(=O)N3CCC(CN4CCNCC4)C3)c3ccccc3)c3cc(C#N)ccc32)cc1. The lowest BCUT2D eigenvalue weighted by Crippen LogP contribution is -2.46. The number of aromatic nitrogens is 2. The van der Waals surface area contributed by atoms with E-state index in [1.807, 2.05) is 6.07 Å². The van der Waals surface area contributed by atoms with Gasteiger partial charge in [-0.25, -0.2) is 13.2 Å². The number of nitriles is 1. The third-order valence-corrected chi connectivity index (χ3v) is 10.2. The average molecular weight is 615 g/mol. The Morgan fingerprint density at radius 2 is 1.75 bits per heavy atom. The third kappa shape index (κ3) is 5.50. The van der Waals surface area contributed by atoms with Crippen LogP contribution in [0.5, 0.6) is 5.75 Å². The van der Waals surface area contributed by atoms with Crippen LogP contribution in [-0.4, -0.2) is 85.6 Å². The van der Waals surface area contributed by atoms with Crippen LogP contribution in [0.1, 0.15) is 23.6 Å². The number of nitrogens with zero attached hydrogens (tertiary/aromatic N) is 5. The maximum atomic E-state index is 14.4. The van der Waals surface area contributed by atoms with E-state index in [0.29, 0.717) is 30.3 Å². The number of carbonyl (C=O) groups excluding carboxylic acids is 1. The van der Waals surface area contributed by atoms with Crippen LogP contribution in [0.15, 0.2) is 82.5 Å². The summed E-state index contributed by atoms with van der Waals surface area (Å²) in [6.07, 6.45) is 0.846. The zero-order valence-corrected chi connectivity index (χ0v) is 25.2. The molecule has 0 spiro atoms. The van der Waals surface area contributed by atoms with Gasteiger partial charge in [0.2, 0.25) is 5.91 Å². The Morgan fingerprint density at radius 1 is 1.02 bits per heavy atom. The van der Waals surface area contributed by atoms with E-state index in [2.05, 4.69) is 16.3 Å². The predicted molar refractivity (Wildman–Crippen MR) is 165 cm³/mol. The quantitative estimate of drug-likeness (QED) is 0.320. The maximum absolute atomic E-state index is 14.4. The van der Waals surface area contributed by atoms with E-state index in [1.165, 1.54) is 54.1 Å². The van der Waals surface area contributed by atoms with E-state index >= 15 is 0 Å². The molecule has 0 aliphatic carbocycles. The van der Waals surface area contributed by atoms with Crippen molar-refractivity contribution in [3.05, 3.63) is 94.4 Å². The van der Waals surface area contributed by atoms with Gasteiger partial charge in [0, 0.05) is 45.8 Å². The Morgan fingerprint density at radius 3 is 2.43 bits per heavy atom. The van der Waals surface area contributed by atoms with Gasteiger partial charge in [0.1, 0.15) is 11.8 Å². The van der Waals surface area contributed by atoms with Crippen LogP contribution >= 0.6 is 0 Å². The van der Waals surface area contributed by atoms with Gasteiger partial charge < -0.3 is 19.9 Å². The highest BCUT2D eigenvalue weighted by atomic mass is 32.2. The summed E-state index contributed by atoms with van der Waals surface area (Å²) in [4.78, 5) is 32.9. The monoisotopic (exact) mass is 614 g/mol. The number of fused-ring (bicyclic) bond motifs is 1. The van der Waals surface area contributed by atoms with Crippen molar-refractivity contribution in [1.82, 2.24) is 23.7 Å². The Bertz CT molecular complexity index is 1870. The van der Waals surface area contributed by atoms with Crippen molar-refractivity contribution in [1.29, 1.82) is 5.26 Å². The molecule has 2 unspecified atom stereocenters. The molecule has 3 heterocycles. The highest BCUT2D eigenvalue weighted by Gasteiger charge is 2.37. The van der Waals surface area contributed by atoms with Crippen molar-refractivity contribution < 1.29 is 17.9 Å². The molecular weight excluding hydrogens is 580 g/mol. The zero-order chi connectivity index (χ0) is 30.8. The van der Waals surface area contributed by atoms with Crippen molar-refractivity contribution in [2.24, 2.45) is 5.92 Å². The van der Waals surface area contributed by atoms with E-state index in [0.717, 1.165) is 43.1 Å². The maximum Gasteiger partial charge on any atom is 0.344 e. The largest absolute Gasteiger partial charge is 0.497 e. The highest BCUT2D eigenvalue weighted by molar-refractivity contribution is 7.90. The smallest absolute Gasteiger partial charge is 0.344 e. The molecule has 6 rings (SSSR count). The number of ether oxygens (including phenoxy) is 1. The lowest BCUT2D eigenvalue weighted by atomic mass is 10.0. The van der Waals surface area contributed by atoms with E-state index in [4.69, 9.17) is 4.74 Å². The molecule has 2 atom stereocenters. The second-order valence-corrected chi connectivity index (χ2v) is 13.0. The fourth-order valence-corrected chi connectivity index (χ4v) is 7.65. The van der Waals surface area contributed by atoms with Crippen molar-refractivity contribution in [3.63, 3.8) is 0 Å². The van der Waals surface area contributed by atoms with Gasteiger partial charge in [0.15, 0.2) is 0 Å². The third-order valence-electron chi connectivity index (χ3n) is 8.49. The molecule has 2 aliphatic heterocycles. The average Bonchev–Trinajstić information content (AvgIpc) is 3.64. The summed E-state index contributed by atoms with van der Waals surface area (Å²) in [6.45, 7) is 5.82. The fraction of sp³-hybridized carbons (Fsp3) is 0.344. The number of likely N-dealkylation sites (tertiary alicyclic amines) is 1. The number of piperazine rings is 1. The Balaban J connectivity index is 1.46. The second-order valence-electron chi connectivity index (χ2n) is 11.2. The predicted octanol–water partition coefficient (Wildman–Crippen LogP) is 2.26. The Labute approximate surface area is 255 Å². The minimum atomic E-state index is -4.40. The van der Waals surface area contributed by atoms with Crippen LogP contribution in [0, 0.1) is 17.2 Å². The van der Waals surface area contributed by atoms with Crippen molar-refractivity contribution in [2.75, 3.05) is 52.9 Å². The summed E-state index contributed by atoms with van der Waals surface area (Å²) >= 11 is 0. The molecule has 12 heteroatoms. The molecule has 0 bridgehead atoms. The van der Waals surface area contributed by atoms with Crippen molar-refractivity contribution >= 4 is 27.0 Å². The molecule has 1 aromatic heterocycles. The number of hydrogen-bond donors (Lipinski definition) is 1. The van der Waals surface area contributed by atoms with Crippen LogP contribution in [0.25, 0.3) is 11.0 Å². The van der Waals surface area contributed by atoms with Crippen LogP contribution < -0.4 is 15.7 Å². The number of rotatable bonds is 8. The number of nitrogens with one attached hydrogen (secondary N) is 1. The fourth-order valence-electron chi connectivity index (χ4n) is 6.25. The van der Waals surface area contributed by atoms with Gasteiger partial charge in [-0.05, 0) is 60.4 Å². The molecule has 2 saturated heterocycles. The topological polar surface area (TPSA) is 130 Å². The summed E-state index contributed by atoms with van der Waals surface area (Å²) in [5.41, 5.74) is 0.168. The molecule has 0 saturated carbocycles. The molecule has 228 valence electrons. The highest BCUT2D eigenvalue weighted by Crippen LogP contribution is 2.30.